The molecule has 1 aromatic rings. The van der Waals surface area contributed by atoms with E-state index in [0.29, 0.717) is 17.7 Å². The van der Waals surface area contributed by atoms with Gasteiger partial charge in [-0.2, -0.15) is 17.9 Å². The Labute approximate surface area is 148 Å². The largest absolute Gasteiger partial charge is 0.619 e. The molecular weight excluding hydrogens is 349 g/mol. The number of halogens is 3. The van der Waals surface area contributed by atoms with E-state index in [2.05, 4.69) is 10.9 Å². The molecule has 26 heavy (non-hydrogen) atoms. The third-order valence-corrected chi connectivity index (χ3v) is 6.00. The Balaban J connectivity index is 1.61. The number of rotatable bonds is 2. The second-order valence-electron chi connectivity index (χ2n) is 7.47. The first-order valence-electron chi connectivity index (χ1n) is 8.88. The van der Waals surface area contributed by atoms with Gasteiger partial charge in [-0.15, -0.1) is 0 Å². The van der Waals surface area contributed by atoms with Crippen molar-refractivity contribution >= 4 is 5.91 Å². The summed E-state index contributed by atoms with van der Waals surface area (Å²) >= 11 is 0. The van der Waals surface area contributed by atoms with E-state index in [0.717, 1.165) is 23.3 Å². The van der Waals surface area contributed by atoms with Crippen LogP contribution in [0.2, 0.25) is 0 Å². The lowest BCUT2D eigenvalue weighted by atomic mass is 9.67. The van der Waals surface area contributed by atoms with Gasteiger partial charge in [0.25, 0.3) is 0 Å². The minimum absolute atomic E-state index is 0.000503. The third kappa shape index (κ3) is 3.14. The standard InChI is InChI=1S/C17H21F3N4O2/c18-17(19,20)9-24-14-7-11(10-3-5-23(26)6-4-10)1-2-12(14)15-13(16(24)25)8-21-22-15/h3-6,11-15,21-22H,1-2,7-9H2. The van der Waals surface area contributed by atoms with Crippen LogP contribution in [-0.4, -0.2) is 42.2 Å². The minimum atomic E-state index is -4.42. The number of alkyl halides is 3. The summed E-state index contributed by atoms with van der Waals surface area (Å²) in [5, 5.41) is 11.2. The van der Waals surface area contributed by atoms with Crippen LogP contribution in [-0.2, 0) is 4.79 Å². The van der Waals surface area contributed by atoms with Crippen LogP contribution in [0.15, 0.2) is 24.5 Å². The van der Waals surface area contributed by atoms with Crippen LogP contribution in [0.5, 0.6) is 0 Å². The summed E-state index contributed by atoms with van der Waals surface area (Å²) in [7, 11) is 0. The zero-order valence-electron chi connectivity index (χ0n) is 14.1. The van der Waals surface area contributed by atoms with E-state index in [1.807, 2.05) is 0 Å². The van der Waals surface area contributed by atoms with Gasteiger partial charge in [0.2, 0.25) is 5.91 Å². The highest BCUT2D eigenvalue weighted by Crippen LogP contribution is 2.45. The van der Waals surface area contributed by atoms with E-state index >= 15 is 0 Å². The normalized spacial score (nSPS) is 34.5. The van der Waals surface area contributed by atoms with Crippen LogP contribution in [0.4, 0.5) is 13.2 Å². The SMILES string of the molecule is O=C1C2CNNC2C2CCC(c3cc[n+]([O-])cc3)CC2N1CC(F)(F)F. The Morgan fingerprint density at radius 3 is 2.69 bits per heavy atom. The average molecular weight is 370 g/mol. The lowest BCUT2D eigenvalue weighted by Crippen LogP contribution is -2.63. The molecule has 0 radical (unpaired) electrons. The predicted octanol–water partition coefficient (Wildman–Crippen LogP) is 1.07. The van der Waals surface area contributed by atoms with Gasteiger partial charge in [0.15, 0.2) is 12.4 Å². The van der Waals surface area contributed by atoms with E-state index in [1.165, 1.54) is 12.4 Å². The van der Waals surface area contributed by atoms with E-state index in [1.54, 1.807) is 12.1 Å². The van der Waals surface area contributed by atoms with E-state index < -0.39 is 30.6 Å². The fraction of sp³-hybridized carbons (Fsp3) is 0.647. The molecule has 2 saturated heterocycles. The van der Waals surface area contributed by atoms with Gasteiger partial charge in [0.05, 0.1) is 5.92 Å². The number of nitrogens with zero attached hydrogens (tertiary/aromatic N) is 2. The van der Waals surface area contributed by atoms with Gasteiger partial charge in [-0.25, -0.2) is 0 Å². The summed E-state index contributed by atoms with van der Waals surface area (Å²) < 4.78 is 40.0. The quantitative estimate of drug-likeness (QED) is 0.604. The molecule has 2 aliphatic heterocycles. The van der Waals surface area contributed by atoms with Gasteiger partial charge >= 0.3 is 6.18 Å². The molecule has 9 heteroatoms. The van der Waals surface area contributed by atoms with Gasteiger partial charge in [-0.05, 0) is 36.7 Å². The number of amides is 1. The van der Waals surface area contributed by atoms with Gasteiger partial charge in [-0.3, -0.25) is 15.6 Å². The first-order valence-corrected chi connectivity index (χ1v) is 8.88. The van der Waals surface area contributed by atoms with Crippen LogP contribution in [0.3, 0.4) is 0 Å². The van der Waals surface area contributed by atoms with Crippen molar-refractivity contribution in [1.29, 1.82) is 0 Å². The number of hydrogen-bond acceptors (Lipinski definition) is 4. The number of likely N-dealkylation sites (tertiary alicyclic amines) is 1. The van der Waals surface area contributed by atoms with E-state index in [4.69, 9.17) is 0 Å². The number of aromatic nitrogens is 1. The summed E-state index contributed by atoms with van der Waals surface area (Å²) in [5.41, 5.74) is 6.99. The van der Waals surface area contributed by atoms with Crippen molar-refractivity contribution in [1.82, 2.24) is 15.8 Å². The minimum Gasteiger partial charge on any atom is -0.619 e. The molecule has 0 spiro atoms. The monoisotopic (exact) mass is 370 g/mol. The lowest BCUT2D eigenvalue weighted by molar-refractivity contribution is -0.605. The summed E-state index contributed by atoms with van der Waals surface area (Å²) in [5.74, 6) is -0.810. The maximum absolute atomic E-state index is 13.1. The highest BCUT2D eigenvalue weighted by Gasteiger charge is 2.54. The number of piperidine rings is 1. The number of carbonyl (C=O) groups excluding carboxylic acids is 1. The first kappa shape index (κ1) is 17.5. The number of pyridine rings is 1. The van der Waals surface area contributed by atoms with Crippen molar-refractivity contribution < 1.29 is 22.7 Å². The number of fused-ring (bicyclic) bond motifs is 3. The molecule has 3 aliphatic rings. The maximum atomic E-state index is 13.1. The molecule has 5 unspecified atom stereocenters. The number of nitrogens with one attached hydrogen (secondary N) is 2. The van der Waals surface area contributed by atoms with Crippen LogP contribution in [0, 0.1) is 17.0 Å². The smallest absolute Gasteiger partial charge is 0.406 e. The molecule has 1 aromatic heterocycles. The fourth-order valence-corrected chi connectivity index (χ4v) is 4.87. The molecule has 142 valence electrons. The molecule has 2 N–H and O–H groups in total. The van der Waals surface area contributed by atoms with Gasteiger partial charge in [0.1, 0.15) is 6.54 Å². The third-order valence-electron chi connectivity index (χ3n) is 6.00. The summed E-state index contributed by atoms with van der Waals surface area (Å²) in [6, 6.07) is 2.87. The molecular formula is C17H21F3N4O2. The van der Waals surface area contributed by atoms with Crippen molar-refractivity contribution in [2.45, 2.75) is 43.4 Å². The van der Waals surface area contributed by atoms with Crippen LogP contribution < -0.4 is 15.6 Å². The van der Waals surface area contributed by atoms with E-state index in [9.17, 15) is 23.2 Å². The highest BCUT2D eigenvalue weighted by atomic mass is 19.4. The Kier molecular flexibility index (Phi) is 4.31. The van der Waals surface area contributed by atoms with Crippen LogP contribution >= 0.6 is 0 Å². The predicted molar refractivity (Wildman–Crippen MR) is 85.5 cm³/mol. The molecule has 5 atom stereocenters. The second-order valence-corrected chi connectivity index (χ2v) is 7.47. The number of hydrogen-bond donors (Lipinski definition) is 2. The van der Waals surface area contributed by atoms with E-state index in [-0.39, 0.29) is 17.9 Å². The Bertz CT molecular complexity index is 682. The van der Waals surface area contributed by atoms with Crippen molar-refractivity contribution in [3.05, 3.63) is 35.3 Å². The molecule has 6 nitrogen and oxygen atoms in total. The van der Waals surface area contributed by atoms with Crippen molar-refractivity contribution in [2.24, 2.45) is 11.8 Å². The number of carbonyl (C=O) groups is 1. The second kappa shape index (κ2) is 6.38. The Hall–Kier alpha value is -1.87. The summed E-state index contributed by atoms with van der Waals surface area (Å²) in [6.07, 6.45) is 0.460. The first-order chi connectivity index (χ1) is 12.3. The van der Waals surface area contributed by atoms with Crippen LogP contribution in [0.1, 0.15) is 30.7 Å². The number of hydrazine groups is 1. The van der Waals surface area contributed by atoms with Crippen molar-refractivity contribution in [3.63, 3.8) is 0 Å². The molecule has 3 heterocycles. The topological polar surface area (TPSA) is 71.3 Å². The molecule has 1 aliphatic carbocycles. The zero-order valence-corrected chi connectivity index (χ0v) is 14.1. The van der Waals surface area contributed by atoms with Crippen molar-refractivity contribution in [3.8, 4) is 0 Å². The Morgan fingerprint density at radius 1 is 1.27 bits per heavy atom. The molecule has 0 bridgehead atoms. The van der Waals surface area contributed by atoms with Crippen LogP contribution in [0.25, 0.3) is 0 Å². The molecule has 4 rings (SSSR count). The van der Waals surface area contributed by atoms with Gasteiger partial charge in [0, 0.05) is 30.8 Å². The lowest BCUT2D eigenvalue weighted by Gasteiger charge is -2.50. The average Bonchev–Trinajstić information content (AvgIpc) is 3.08. The Morgan fingerprint density at radius 2 is 2.00 bits per heavy atom. The zero-order chi connectivity index (χ0) is 18.5. The molecule has 0 aromatic carbocycles. The summed E-state index contributed by atoms with van der Waals surface area (Å²) in [6.45, 7) is -0.828. The molecule has 1 amide bonds. The fourth-order valence-electron chi connectivity index (χ4n) is 4.87. The molecule has 1 saturated carbocycles. The van der Waals surface area contributed by atoms with Gasteiger partial charge < -0.3 is 10.1 Å². The van der Waals surface area contributed by atoms with Gasteiger partial charge in [-0.1, -0.05) is 0 Å². The highest BCUT2D eigenvalue weighted by molar-refractivity contribution is 5.82. The summed E-state index contributed by atoms with van der Waals surface area (Å²) in [4.78, 5) is 13.8. The molecule has 3 fully saturated rings. The maximum Gasteiger partial charge on any atom is 0.406 e. The van der Waals surface area contributed by atoms with Crippen molar-refractivity contribution in [2.75, 3.05) is 13.1 Å².